The lowest BCUT2D eigenvalue weighted by molar-refractivity contribution is -0.126. The predicted octanol–water partition coefficient (Wildman–Crippen LogP) is 4.25. The van der Waals surface area contributed by atoms with Gasteiger partial charge in [0.1, 0.15) is 5.82 Å². The second-order valence-electron chi connectivity index (χ2n) is 5.04. The van der Waals surface area contributed by atoms with E-state index in [0.717, 1.165) is 18.4 Å². The van der Waals surface area contributed by atoms with E-state index in [1.54, 1.807) is 11.0 Å². The number of likely N-dealkylation sites (tertiary alicyclic amines) is 1. The minimum atomic E-state index is -0.520. The summed E-state index contributed by atoms with van der Waals surface area (Å²) in [6.07, 6.45) is 2.41. The Balaban J connectivity index is 2.16. The van der Waals surface area contributed by atoms with E-state index in [4.69, 9.17) is 23.2 Å². The van der Waals surface area contributed by atoms with Gasteiger partial charge in [0.05, 0.1) is 10.0 Å². The SMILES string of the molecule is CCC#CC(=O)N1CCCC(c2cc(F)c(Cl)c(Cl)c2)C1. The van der Waals surface area contributed by atoms with E-state index in [9.17, 15) is 9.18 Å². The lowest BCUT2D eigenvalue weighted by Gasteiger charge is -2.32. The number of halogens is 3. The number of hydrogen-bond donors (Lipinski definition) is 0. The molecular weight excluding hydrogens is 312 g/mol. The summed E-state index contributed by atoms with van der Waals surface area (Å²) in [5, 5.41) is 0.152. The normalized spacial score (nSPS) is 18.1. The van der Waals surface area contributed by atoms with Gasteiger partial charge in [-0.3, -0.25) is 4.79 Å². The van der Waals surface area contributed by atoms with Crippen LogP contribution in [0, 0.1) is 17.7 Å². The molecule has 1 aliphatic rings. The third-order valence-corrected chi connectivity index (χ3v) is 4.34. The average Bonchev–Trinajstić information content (AvgIpc) is 2.49. The smallest absolute Gasteiger partial charge is 0.298 e. The highest BCUT2D eigenvalue weighted by atomic mass is 35.5. The number of benzene rings is 1. The van der Waals surface area contributed by atoms with Crippen LogP contribution >= 0.6 is 23.2 Å². The van der Waals surface area contributed by atoms with Gasteiger partial charge in [0.25, 0.3) is 5.91 Å². The van der Waals surface area contributed by atoms with Crippen molar-refractivity contribution in [3.63, 3.8) is 0 Å². The van der Waals surface area contributed by atoms with Crippen molar-refractivity contribution in [1.82, 2.24) is 4.90 Å². The van der Waals surface area contributed by atoms with E-state index < -0.39 is 5.82 Å². The lowest BCUT2D eigenvalue weighted by Crippen LogP contribution is -2.38. The molecule has 0 spiro atoms. The predicted molar refractivity (Wildman–Crippen MR) is 83.0 cm³/mol. The number of piperidine rings is 1. The van der Waals surface area contributed by atoms with Gasteiger partial charge in [-0.1, -0.05) is 36.0 Å². The molecule has 1 fully saturated rings. The second kappa shape index (κ2) is 7.15. The number of nitrogens with zero attached hydrogens (tertiary/aromatic N) is 1. The molecule has 1 unspecified atom stereocenters. The first kappa shape index (κ1) is 16.1. The molecule has 0 aromatic heterocycles. The van der Waals surface area contributed by atoms with E-state index in [0.29, 0.717) is 19.5 Å². The molecule has 1 aromatic rings. The number of rotatable bonds is 1. The van der Waals surface area contributed by atoms with Crippen molar-refractivity contribution in [3.05, 3.63) is 33.6 Å². The van der Waals surface area contributed by atoms with E-state index in [1.807, 2.05) is 6.92 Å². The first-order valence-corrected chi connectivity index (χ1v) is 7.70. The van der Waals surface area contributed by atoms with Gasteiger partial charge in [0, 0.05) is 25.4 Å². The van der Waals surface area contributed by atoms with Gasteiger partial charge in [-0.05, 0) is 36.5 Å². The standard InChI is InChI=1S/C16H16Cl2FNO/c1-2-3-6-15(21)20-7-4-5-11(10-20)12-8-13(17)16(18)14(19)9-12/h8-9,11H,2,4-5,7,10H2,1H3. The van der Waals surface area contributed by atoms with Crippen LogP contribution in [0.25, 0.3) is 0 Å². The van der Waals surface area contributed by atoms with Crippen LogP contribution in [0.5, 0.6) is 0 Å². The van der Waals surface area contributed by atoms with E-state index in [1.165, 1.54) is 6.07 Å². The van der Waals surface area contributed by atoms with E-state index >= 15 is 0 Å². The molecule has 1 aliphatic heterocycles. The van der Waals surface area contributed by atoms with Gasteiger partial charge in [0.15, 0.2) is 0 Å². The monoisotopic (exact) mass is 327 g/mol. The lowest BCUT2D eigenvalue weighted by atomic mass is 9.90. The molecule has 5 heteroatoms. The molecule has 1 saturated heterocycles. The molecular formula is C16H16Cl2FNO. The Hall–Kier alpha value is -1.24. The second-order valence-corrected chi connectivity index (χ2v) is 5.83. The van der Waals surface area contributed by atoms with Crippen LogP contribution in [-0.2, 0) is 4.79 Å². The maximum absolute atomic E-state index is 13.7. The van der Waals surface area contributed by atoms with Crippen LogP contribution in [0.3, 0.4) is 0 Å². The maximum atomic E-state index is 13.7. The summed E-state index contributed by atoms with van der Waals surface area (Å²) in [7, 11) is 0. The highest BCUT2D eigenvalue weighted by Gasteiger charge is 2.25. The molecule has 0 N–H and O–H groups in total. The zero-order chi connectivity index (χ0) is 15.4. The highest BCUT2D eigenvalue weighted by Crippen LogP contribution is 2.33. The molecule has 112 valence electrons. The van der Waals surface area contributed by atoms with E-state index in [2.05, 4.69) is 11.8 Å². The Morgan fingerprint density at radius 2 is 2.24 bits per heavy atom. The minimum absolute atomic E-state index is 0.0574. The summed E-state index contributed by atoms with van der Waals surface area (Å²) in [6, 6.07) is 3.09. The fourth-order valence-corrected chi connectivity index (χ4v) is 2.81. The Labute approximate surface area is 134 Å². The summed E-state index contributed by atoms with van der Waals surface area (Å²) in [4.78, 5) is 13.7. The number of hydrogen-bond acceptors (Lipinski definition) is 1. The molecule has 21 heavy (non-hydrogen) atoms. The third-order valence-electron chi connectivity index (χ3n) is 3.56. The van der Waals surface area contributed by atoms with Crippen molar-refractivity contribution in [2.75, 3.05) is 13.1 Å². The van der Waals surface area contributed by atoms with E-state index in [-0.39, 0.29) is 21.9 Å². The maximum Gasteiger partial charge on any atom is 0.298 e. The van der Waals surface area contributed by atoms with Crippen LogP contribution in [0.1, 0.15) is 37.7 Å². The number of carbonyl (C=O) groups is 1. The van der Waals surface area contributed by atoms with Gasteiger partial charge in [-0.2, -0.15) is 0 Å². The van der Waals surface area contributed by atoms with Crippen LogP contribution in [-0.4, -0.2) is 23.9 Å². The van der Waals surface area contributed by atoms with Crippen LogP contribution in [0.2, 0.25) is 10.0 Å². The minimum Gasteiger partial charge on any atom is -0.331 e. The topological polar surface area (TPSA) is 20.3 Å². The van der Waals surface area contributed by atoms with Gasteiger partial charge >= 0.3 is 0 Å². The van der Waals surface area contributed by atoms with Gasteiger partial charge in [-0.15, -0.1) is 0 Å². The summed E-state index contributed by atoms with van der Waals surface area (Å²) >= 11 is 11.7. The molecule has 2 nitrogen and oxygen atoms in total. The van der Waals surface area contributed by atoms with Crippen LogP contribution in [0.15, 0.2) is 12.1 Å². The largest absolute Gasteiger partial charge is 0.331 e. The summed E-state index contributed by atoms with van der Waals surface area (Å²) in [5.41, 5.74) is 0.780. The zero-order valence-corrected chi connectivity index (χ0v) is 13.3. The van der Waals surface area contributed by atoms with Crippen molar-refractivity contribution in [1.29, 1.82) is 0 Å². The van der Waals surface area contributed by atoms with Gasteiger partial charge < -0.3 is 4.90 Å². The number of carbonyl (C=O) groups excluding carboxylic acids is 1. The van der Waals surface area contributed by atoms with Gasteiger partial charge in [0.2, 0.25) is 0 Å². The molecule has 0 saturated carbocycles. The van der Waals surface area contributed by atoms with Crippen molar-refractivity contribution in [2.24, 2.45) is 0 Å². The summed E-state index contributed by atoms with van der Waals surface area (Å²) in [6.45, 7) is 3.13. The molecule has 2 rings (SSSR count). The van der Waals surface area contributed by atoms with Crippen LogP contribution < -0.4 is 0 Å². The number of amides is 1. The van der Waals surface area contributed by atoms with Crippen LogP contribution in [0.4, 0.5) is 4.39 Å². The molecule has 1 atom stereocenters. The van der Waals surface area contributed by atoms with Crippen molar-refractivity contribution >= 4 is 29.1 Å². The fourth-order valence-electron chi connectivity index (χ4n) is 2.49. The Kier molecular flexibility index (Phi) is 5.50. The molecule has 0 aliphatic carbocycles. The molecule has 0 radical (unpaired) electrons. The Bertz CT molecular complexity index is 583. The highest BCUT2D eigenvalue weighted by molar-refractivity contribution is 6.42. The van der Waals surface area contributed by atoms with Crippen molar-refractivity contribution in [2.45, 2.75) is 32.1 Å². The summed E-state index contributed by atoms with van der Waals surface area (Å²) < 4.78 is 13.7. The Morgan fingerprint density at radius 3 is 2.90 bits per heavy atom. The Morgan fingerprint density at radius 1 is 1.48 bits per heavy atom. The first-order valence-electron chi connectivity index (χ1n) is 6.95. The molecule has 1 amide bonds. The van der Waals surface area contributed by atoms with Crippen molar-refractivity contribution in [3.8, 4) is 11.8 Å². The van der Waals surface area contributed by atoms with Gasteiger partial charge in [-0.25, -0.2) is 4.39 Å². The molecule has 1 heterocycles. The molecule has 1 aromatic carbocycles. The van der Waals surface area contributed by atoms with Crippen molar-refractivity contribution < 1.29 is 9.18 Å². The first-order chi connectivity index (χ1) is 10.0. The average molecular weight is 328 g/mol. The zero-order valence-electron chi connectivity index (χ0n) is 11.8. The third kappa shape index (κ3) is 3.90. The molecule has 0 bridgehead atoms. The quantitative estimate of drug-likeness (QED) is 0.557. The fraction of sp³-hybridized carbons (Fsp3) is 0.438. The summed E-state index contributed by atoms with van der Waals surface area (Å²) in [5.74, 6) is 4.79.